The van der Waals surface area contributed by atoms with Crippen LogP contribution < -0.4 is 5.73 Å². The van der Waals surface area contributed by atoms with E-state index < -0.39 is 5.54 Å². The van der Waals surface area contributed by atoms with Crippen LogP contribution in [-0.4, -0.2) is 30.8 Å². The van der Waals surface area contributed by atoms with E-state index in [9.17, 15) is 4.79 Å². The Morgan fingerprint density at radius 2 is 2.00 bits per heavy atom. The van der Waals surface area contributed by atoms with E-state index >= 15 is 0 Å². The van der Waals surface area contributed by atoms with Crippen LogP contribution >= 0.6 is 0 Å². The topological polar surface area (TPSA) is 61.5 Å². The van der Waals surface area contributed by atoms with Gasteiger partial charge >= 0.3 is 5.97 Å². The van der Waals surface area contributed by atoms with Crippen LogP contribution in [-0.2, 0) is 14.3 Å². The Labute approximate surface area is 91.1 Å². The largest absolute Gasteiger partial charge is 0.461 e. The van der Waals surface area contributed by atoms with E-state index in [1.807, 2.05) is 13.8 Å². The zero-order chi connectivity index (χ0) is 11.3. The molecule has 1 aliphatic rings. The van der Waals surface area contributed by atoms with Gasteiger partial charge in [0, 0.05) is 5.54 Å². The zero-order valence-electron chi connectivity index (χ0n) is 9.62. The van der Waals surface area contributed by atoms with Crippen LogP contribution in [0.2, 0.25) is 0 Å². The van der Waals surface area contributed by atoms with E-state index in [-0.39, 0.29) is 18.7 Å². The van der Waals surface area contributed by atoms with Crippen molar-refractivity contribution in [2.45, 2.75) is 51.2 Å². The normalized spacial score (nSPS) is 18.1. The summed E-state index contributed by atoms with van der Waals surface area (Å²) in [5, 5.41) is 0. The predicted molar refractivity (Wildman–Crippen MR) is 57.4 cm³/mol. The lowest BCUT2D eigenvalue weighted by molar-refractivity contribution is -0.154. The van der Waals surface area contributed by atoms with Gasteiger partial charge in [0.1, 0.15) is 12.7 Å². The number of carbonyl (C=O) groups excluding carboxylic acids is 1. The van der Waals surface area contributed by atoms with Gasteiger partial charge in [0.15, 0.2) is 0 Å². The molecule has 0 aliphatic heterocycles. The third-order valence-corrected chi connectivity index (χ3v) is 2.29. The fourth-order valence-electron chi connectivity index (χ4n) is 1.62. The van der Waals surface area contributed by atoms with Crippen molar-refractivity contribution in [2.75, 3.05) is 13.2 Å². The summed E-state index contributed by atoms with van der Waals surface area (Å²) in [5.74, 6) is -0.272. The molecule has 0 aromatic heterocycles. The highest BCUT2D eigenvalue weighted by atomic mass is 16.6. The highest BCUT2D eigenvalue weighted by molar-refractivity contribution is 5.70. The van der Waals surface area contributed by atoms with Crippen LogP contribution in [0.4, 0.5) is 0 Å². The molecule has 1 fully saturated rings. The number of esters is 1. The van der Waals surface area contributed by atoms with Gasteiger partial charge < -0.3 is 15.2 Å². The molecule has 4 nitrogen and oxygen atoms in total. The minimum atomic E-state index is -0.395. The minimum absolute atomic E-state index is 0.0110. The lowest BCUT2D eigenvalue weighted by Crippen LogP contribution is -2.38. The minimum Gasteiger partial charge on any atom is -0.461 e. The van der Waals surface area contributed by atoms with Gasteiger partial charge in [-0.3, -0.25) is 0 Å². The zero-order valence-corrected chi connectivity index (χ0v) is 9.62. The first-order valence-corrected chi connectivity index (χ1v) is 5.53. The first kappa shape index (κ1) is 12.5. The fourth-order valence-corrected chi connectivity index (χ4v) is 1.62. The number of hydrogen-bond donors (Lipinski definition) is 1. The second-order valence-corrected chi connectivity index (χ2v) is 4.88. The van der Waals surface area contributed by atoms with Crippen molar-refractivity contribution in [1.82, 2.24) is 0 Å². The maximum absolute atomic E-state index is 11.3. The maximum Gasteiger partial charge on any atom is 0.332 e. The van der Waals surface area contributed by atoms with Gasteiger partial charge in [-0.1, -0.05) is 0 Å². The third-order valence-electron chi connectivity index (χ3n) is 2.29. The van der Waals surface area contributed by atoms with Crippen molar-refractivity contribution in [1.29, 1.82) is 0 Å². The van der Waals surface area contributed by atoms with Crippen LogP contribution in [0.25, 0.3) is 0 Å². The second-order valence-electron chi connectivity index (χ2n) is 4.88. The molecule has 0 heterocycles. The van der Waals surface area contributed by atoms with Crippen LogP contribution in [0.1, 0.15) is 39.5 Å². The molecule has 0 radical (unpaired) electrons. The molecule has 0 spiro atoms. The molecule has 0 unspecified atom stereocenters. The van der Waals surface area contributed by atoms with Gasteiger partial charge in [0.05, 0.1) is 6.61 Å². The van der Waals surface area contributed by atoms with Crippen LogP contribution in [0.5, 0.6) is 0 Å². The van der Waals surface area contributed by atoms with Gasteiger partial charge in [-0.2, -0.15) is 0 Å². The molecule has 15 heavy (non-hydrogen) atoms. The molecular weight excluding hydrogens is 194 g/mol. The number of carbonyl (C=O) groups is 1. The smallest absolute Gasteiger partial charge is 0.332 e. The van der Waals surface area contributed by atoms with Crippen LogP contribution in [0.15, 0.2) is 0 Å². The van der Waals surface area contributed by atoms with Crippen molar-refractivity contribution >= 4 is 5.97 Å². The number of rotatable bonds is 5. The Kier molecular flexibility index (Phi) is 4.54. The van der Waals surface area contributed by atoms with Crippen molar-refractivity contribution < 1.29 is 14.3 Å². The third kappa shape index (κ3) is 5.74. The molecule has 0 aromatic carbocycles. The summed E-state index contributed by atoms with van der Waals surface area (Å²) in [6.45, 7) is 4.09. The van der Waals surface area contributed by atoms with Gasteiger partial charge in [-0.05, 0) is 39.5 Å². The van der Waals surface area contributed by atoms with E-state index in [2.05, 4.69) is 0 Å². The lowest BCUT2D eigenvalue weighted by Gasteiger charge is -2.18. The van der Waals surface area contributed by atoms with Gasteiger partial charge in [-0.15, -0.1) is 0 Å². The molecule has 2 N–H and O–H groups in total. The number of hydrogen-bond acceptors (Lipinski definition) is 4. The summed E-state index contributed by atoms with van der Waals surface area (Å²) in [4.78, 5) is 11.3. The monoisotopic (exact) mass is 215 g/mol. The van der Waals surface area contributed by atoms with E-state index in [4.69, 9.17) is 15.2 Å². The number of ether oxygens (including phenoxy) is 2. The predicted octanol–water partition coefficient (Wildman–Crippen LogP) is 1.23. The SMILES string of the molecule is CC(C)(N)COCC(=O)OC1CCCC1. The average molecular weight is 215 g/mol. The van der Waals surface area contributed by atoms with Crippen LogP contribution in [0, 0.1) is 0 Å². The highest BCUT2D eigenvalue weighted by Crippen LogP contribution is 2.20. The molecule has 0 aromatic rings. The first-order chi connectivity index (χ1) is 6.97. The standard InChI is InChI=1S/C11H21NO3/c1-11(2,12)8-14-7-10(13)15-9-5-3-4-6-9/h9H,3-8,12H2,1-2H3. The lowest BCUT2D eigenvalue weighted by atomic mass is 10.1. The summed E-state index contributed by atoms with van der Waals surface area (Å²) in [6.07, 6.45) is 4.43. The van der Waals surface area contributed by atoms with Crippen molar-refractivity contribution in [3.05, 3.63) is 0 Å². The van der Waals surface area contributed by atoms with E-state index in [1.165, 1.54) is 0 Å². The Morgan fingerprint density at radius 3 is 2.53 bits per heavy atom. The Bertz CT molecular complexity index is 204. The van der Waals surface area contributed by atoms with Gasteiger partial charge in [0.2, 0.25) is 0 Å². The fraction of sp³-hybridized carbons (Fsp3) is 0.909. The Balaban J connectivity index is 2.08. The molecule has 4 heteroatoms. The Hall–Kier alpha value is -0.610. The van der Waals surface area contributed by atoms with Gasteiger partial charge in [-0.25, -0.2) is 4.79 Å². The molecular formula is C11H21NO3. The van der Waals surface area contributed by atoms with Crippen molar-refractivity contribution in [3.63, 3.8) is 0 Å². The molecule has 0 bridgehead atoms. The summed E-state index contributed by atoms with van der Waals surface area (Å²) in [7, 11) is 0. The summed E-state index contributed by atoms with van der Waals surface area (Å²) in [5.41, 5.74) is 5.31. The van der Waals surface area contributed by atoms with Crippen molar-refractivity contribution in [3.8, 4) is 0 Å². The molecule has 88 valence electrons. The quantitative estimate of drug-likeness (QED) is 0.701. The van der Waals surface area contributed by atoms with E-state index in [0.717, 1.165) is 25.7 Å². The van der Waals surface area contributed by atoms with E-state index in [0.29, 0.717) is 6.61 Å². The van der Waals surface area contributed by atoms with Gasteiger partial charge in [0.25, 0.3) is 0 Å². The summed E-state index contributed by atoms with van der Waals surface area (Å²) in [6, 6.07) is 0. The summed E-state index contributed by atoms with van der Waals surface area (Å²) < 4.78 is 10.4. The molecule has 1 aliphatic carbocycles. The molecule has 1 rings (SSSR count). The maximum atomic E-state index is 11.3. The van der Waals surface area contributed by atoms with Crippen molar-refractivity contribution in [2.24, 2.45) is 5.73 Å². The van der Waals surface area contributed by atoms with Crippen LogP contribution in [0.3, 0.4) is 0 Å². The first-order valence-electron chi connectivity index (χ1n) is 5.53. The number of nitrogens with two attached hydrogens (primary N) is 1. The molecule has 1 saturated carbocycles. The Morgan fingerprint density at radius 1 is 1.40 bits per heavy atom. The molecule has 0 amide bonds. The summed E-state index contributed by atoms with van der Waals surface area (Å²) >= 11 is 0. The molecule has 0 atom stereocenters. The highest BCUT2D eigenvalue weighted by Gasteiger charge is 2.19. The molecule has 0 saturated heterocycles. The average Bonchev–Trinajstić information content (AvgIpc) is 2.54. The second kappa shape index (κ2) is 5.47. The van der Waals surface area contributed by atoms with E-state index in [1.54, 1.807) is 0 Å².